The van der Waals surface area contributed by atoms with E-state index in [1.807, 2.05) is 30.3 Å². The Bertz CT molecular complexity index is 464. The van der Waals surface area contributed by atoms with Crippen molar-refractivity contribution in [3.05, 3.63) is 35.9 Å². The van der Waals surface area contributed by atoms with Crippen LogP contribution in [0.2, 0.25) is 0 Å². The van der Waals surface area contributed by atoms with Crippen LogP contribution < -0.4 is 5.32 Å². The third-order valence-corrected chi connectivity index (χ3v) is 3.16. The molecule has 0 saturated carbocycles. The molecule has 108 valence electrons. The minimum Gasteiger partial charge on any atom is -0.453 e. The van der Waals surface area contributed by atoms with E-state index in [1.165, 1.54) is 7.11 Å². The van der Waals surface area contributed by atoms with Gasteiger partial charge in [0.15, 0.2) is 0 Å². The van der Waals surface area contributed by atoms with Crippen molar-refractivity contribution >= 4 is 12.2 Å². The zero-order valence-electron chi connectivity index (χ0n) is 11.4. The van der Waals surface area contributed by atoms with Crippen molar-refractivity contribution < 1.29 is 19.1 Å². The van der Waals surface area contributed by atoms with Gasteiger partial charge in [0, 0.05) is 13.1 Å². The molecule has 0 aromatic heterocycles. The molecule has 1 aliphatic heterocycles. The van der Waals surface area contributed by atoms with Crippen molar-refractivity contribution in [2.45, 2.75) is 19.1 Å². The van der Waals surface area contributed by atoms with Crippen LogP contribution in [0.1, 0.15) is 12.0 Å². The van der Waals surface area contributed by atoms with E-state index in [9.17, 15) is 9.59 Å². The molecule has 1 N–H and O–H groups in total. The topological polar surface area (TPSA) is 67.9 Å². The lowest BCUT2D eigenvalue weighted by Gasteiger charge is -2.16. The standard InChI is InChI=1S/C14H18N2O4/c1-19-13(17)15-12-7-8-16(9-12)14(18)20-10-11-5-3-2-4-6-11/h2-6,12H,7-10H2,1H3,(H,15,17)/t12-/m0/s1. The fraction of sp³-hybridized carbons (Fsp3) is 0.429. The molecule has 0 unspecified atom stereocenters. The maximum Gasteiger partial charge on any atom is 0.410 e. The molecule has 0 bridgehead atoms. The van der Waals surface area contributed by atoms with E-state index in [2.05, 4.69) is 10.1 Å². The summed E-state index contributed by atoms with van der Waals surface area (Å²) in [5.41, 5.74) is 0.948. The van der Waals surface area contributed by atoms with E-state index < -0.39 is 6.09 Å². The molecule has 1 atom stereocenters. The third kappa shape index (κ3) is 3.88. The Kier molecular flexibility index (Phi) is 4.81. The van der Waals surface area contributed by atoms with Crippen LogP contribution in [-0.2, 0) is 16.1 Å². The van der Waals surface area contributed by atoms with E-state index in [1.54, 1.807) is 4.90 Å². The van der Waals surface area contributed by atoms with Gasteiger partial charge in [0.25, 0.3) is 0 Å². The Morgan fingerprint density at radius 1 is 1.35 bits per heavy atom. The maximum atomic E-state index is 11.9. The molecule has 1 aromatic rings. The Hall–Kier alpha value is -2.24. The molecule has 6 nitrogen and oxygen atoms in total. The third-order valence-electron chi connectivity index (χ3n) is 3.16. The molecule has 6 heteroatoms. The average Bonchev–Trinajstić information content (AvgIpc) is 2.94. The van der Waals surface area contributed by atoms with Gasteiger partial charge in [-0.2, -0.15) is 0 Å². The van der Waals surface area contributed by atoms with Gasteiger partial charge in [0.05, 0.1) is 13.2 Å². The number of carbonyl (C=O) groups excluding carboxylic acids is 2. The van der Waals surface area contributed by atoms with E-state index in [0.717, 1.165) is 5.56 Å². The first-order valence-corrected chi connectivity index (χ1v) is 6.49. The summed E-state index contributed by atoms with van der Waals surface area (Å²) >= 11 is 0. The summed E-state index contributed by atoms with van der Waals surface area (Å²) in [6, 6.07) is 9.43. The summed E-state index contributed by atoms with van der Waals surface area (Å²) < 4.78 is 9.76. The fourth-order valence-electron chi connectivity index (χ4n) is 2.08. The number of nitrogens with zero attached hydrogens (tertiary/aromatic N) is 1. The van der Waals surface area contributed by atoms with Gasteiger partial charge in [-0.25, -0.2) is 9.59 Å². The van der Waals surface area contributed by atoms with Crippen molar-refractivity contribution in [2.24, 2.45) is 0 Å². The van der Waals surface area contributed by atoms with Crippen LogP contribution in [0.15, 0.2) is 30.3 Å². The molecule has 2 rings (SSSR count). The van der Waals surface area contributed by atoms with Crippen LogP contribution in [0, 0.1) is 0 Å². The SMILES string of the molecule is COC(=O)N[C@H]1CCN(C(=O)OCc2ccccc2)C1. The van der Waals surface area contributed by atoms with Crippen LogP contribution in [0.25, 0.3) is 0 Å². The van der Waals surface area contributed by atoms with Crippen molar-refractivity contribution in [2.75, 3.05) is 20.2 Å². The summed E-state index contributed by atoms with van der Waals surface area (Å²) in [6.45, 7) is 1.27. The lowest BCUT2D eigenvalue weighted by Crippen LogP contribution is -2.38. The van der Waals surface area contributed by atoms with Crippen LogP contribution in [0.3, 0.4) is 0 Å². The highest BCUT2D eigenvalue weighted by Crippen LogP contribution is 2.12. The molecule has 1 fully saturated rings. The predicted molar refractivity (Wildman–Crippen MR) is 72.1 cm³/mol. The number of hydrogen-bond donors (Lipinski definition) is 1. The summed E-state index contributed by atoms with van der Waals surface area (Å²) in [5.74, 6) is 0. The lowest BCUT2D eigenvalue weighted by molar-refractivity contribution is 0.103. The lowest BCUT2D eigenvalue weighted by atomic mass is 10.2. The highest BCUT2D eigenvalue weighted by atomic mass is 16.6. The van der Waals surface area contributed by atoms with Gasteiger partial charge in [-0.15, -0.1) is 0 Å². The number of carbonyl (C=O) groups is 2. The first-order chi connectivity index (χ1) is 9.69. The van der Waals surface area contributed by atoms with Crippen molar-refractivity contribution in [1.29, 1.82) is 0 Å². The maximum absolute atomic E-state index is 11.9. The number of hydrogen-bond acceptors (Lipinski definition) is 4. The second kappa shape index (κ2) is 6.79. The highest BCUT2D eigenvalue weighted by molar-refractivity contribution is 5.69. The first kappa shape index (κ1) is 14.2. The number of benzene rings is 1. The second-order valence-corrected chi connectivity index (χ2v) is 4.61. The Morgan fingerprint density at radius 3 is 2.80 bits per heavy atom. The van der Waals surface area contributed by atoms with E-state index in [0.29, 0.717) is 19.5 Å². The van der Waals surface area contributed by atoms with Crippen molar-refractivity contribution in [3.8, 4) is 0 Å². The fourth-order valence-corrected chi connectivity index (χ4v) is 2.08. The number of methoxy groups -OCH3 is 1. The molecular weight excluding hydrogens is 260 g/mol. The van der Waals surface area contributed by atoms with E-state index >= 15 is 0 Å². The number of nitrogens with one attached hydrogen (secondary N) is 1. The molecule has 0 aliphatic carbocycles. The largest absolute Gasteiger partial charge is 0.453 e. The van der Waals surface area contributed by atoms with Gasteiger partial charge >= 0.3 is 12.2 Å². The normalized spacial score (nSPS) is 17.6. The Morgan fingerprint density at radius 2 is 2.10 bits per heavy atom. The highest BCUT2D eigenvalue weighted by Gasteiger charge is 2.28. The second-order valence-electron chi connectivity index (χ2n) is 4.61. The van der Waals surface area contributed by atoms with Gasteiger partial charge in [-0.3, -0.25) is 0 Å². The minimum atomic E-state index is -0.477. The smallest absolute Gasteiger partial charge is 0.410 e. The summed E-state index contributed by atoms with van der Waals surface area (Å²) in [6.07, 6.45) is -0.132. The van der Waals surface area contributed by atoms with Crippen LogP contribution in [0.4, 0.5) is 9.59 Å². The molecule has 20 heavy (non-hydrogen) atoms. The Labute approximate surface area is 117 Å². The molecule has 1 heterocycles. The van der Waals surface area contributed by atoms with Crippen molar-refractivity contribution in [3.63, 3.8) is 0 Å². The monoisotopic (exact) mass is 278 g/mol. The Balaban J connectivity index is 1.75. The number of rotatable bonds is 3. The van der Waals surface area contributed by atoms with Gasteiger partial charge < -0.3 is 19.7 Å². The summed E-state index contributed by atoms with van der Waals surface area (Å²) in [4.78, 5) is 24.6. The number of ether oxygens (including phenoxy) is 2. The van der Waals surface area contributed by atoms with Crippen LogP contribution >= 0.6 is 0 Å². The van der Waals surface area contributed by atoms with E-state index in [4.69, 9.17) is 4.74 Å². The van der Waals surface area contributed by atoms with Gasteiger partial charge in [-0.05, 0) is 12.0 Å². The number of alkyl carbamates (subject to hydrolysis) is 1. The first-order valence-electron chi connectivity index (χ1n) is 6.49. The molecule has 2 amide bonds. The predicted octanol–water partition coefficient (Wildman–Crippen LogP) is 1.75. The van der Waals surface area contributed by atoms with Crippen LogP contribution in [-0.4, -0.2) is 43.3 Å². The zero-order chi connectivity index (χ0) is 14.4. The molecule has 0 radical (unpaired) electrons. The quantitative estimate of drug-likeness (QED) is 0.914. The van der Waals surface area contributed by atoms with Crippen LogP contribution in [0.5, 0.6) is 0 Å². The summed E-state index contributed by atoms with van der Waals surface area (Å²) in [7, 11) is 1.32. The molecular formula is C14H18N2O4. The average molecular weight is 278 g/mol. The minimum absolute atomic E-state index is 0.0771. The van der Waals surface area contributed by atoms with Gasteiger partial charge in [-0.1, -0.05) is 30.3 Å². The zero-order valence-corrected chi connectivity index (χ0v) is 11.4. The number of likely N-dealkylation sites (tertiary alicyclic amines) is 1. The van der Waals surface area contributed by atoms with Crippen molar-refractivity contribution in [1.82, 2.24) is 10.2 Å². The molecule has 0 spiro atoms. The van der Waals surface area contributed by atoms with E-state index in [-0.39, 0.29) is 18.7 Å². The molecule has 1 saturated heterocycles. The molecule has 1 aromatic carbocycles. The van der Waals surface area contributed by atoms with Gasteiger partial charge in [0.1, 0.15) is 6.61 Å². The summed E-state index contributed by atoms with van der Waals surface area (Å²) in [5, 5.41) is 2.68. The van der Waals surface area contributed by atoms with Gasteiger partial charge in [0.2, 0.25) is 0 Å². The number of amides is 2. The molecule has 1 aliphatic rings.